The van der Waals surface area contributed by atoms with E-state index in [9.17, 15) is 13.2 Å². The zero-order chi connectivity index (χ0) is 16.6. The molecule has 118 valence electrons. The fraction of sp³-hybridized carbons (Fsp3) is 0. The van der Waals surface area contributed by atoms with Gasteiger partial charge in [-0.25, -0.2) is 13.1 Å². The van der Waals surface area contributed by atoms with E-state index in [1.165, 1.54) is 30.5 Å². The van der Waals surface area contributed by atoms with Crippen molar-refractivity contribution in [3.63, 3.8) is 0 Å². The highest BCUT2D eigenvalue weighted by atomic mass is 35.5. The molecule has 0 radical (unpaired) electrons. The van der Waals surface area contributed by atoms with Crippen LogP contribution < -0.4 is 4.72 Å². The van der Waals surface area contributed by atoms with Gasteiger partial charge >= 0.3 is 0 Å². The van der Waals surface area contributed by atoms with Gasteiger partial charge in [0, 0.05) is 10.4 Å². The second-order valence-electron chi connectivity index (χ2n) is 4.65. The largest absolute Gasteiger partial charge is 0.277 e. The molecule has 1 amide bonds. The lowest BCUT2D eigenvalue weighted by atomic mass is 10.1. The van der Waals surface area contributed by atoms with Gasteiger partial charge < -0.3 is 0 Å². The van der Waals surface area contributed by atoms with Crippen LogP contribution in [0.15, 0.2) is 47.5 Å². The maximum Gasteiger partial charge on any atom is 0.267 e. The summed E-state index contributed by atoms with van der Waals surface area (Å²) in [5, 5.41) is 7.34. The SMILES string of the molecule is O=C(NS(=O)(=O)c1cc(Cl)ccc1Cl)c1cccc2cn[nH]c12. The Hall–Kier alpha value is -2.09. The standard InChI is InChI=1S/C14H9Cl2N3O3S/c15-9-4-5-11(16)12(6-9)23(21,22)19-14(20)10-3-1-2-8-7-17-18-13(8)10/h1-7H,(H,17,18)(H,19,20). The van der Waals surface area contributed by atoms with Crippen molar-refractivity contribution in [1.82, 2.24) is 14.9 Å². The molecular formula is C14H9Cl2N3O3S. The van der Waals surface area contributed by atoms with Crippen LogP contribution in [0.2, 0.25) is 10.0 Å². The quantitative estimate of drug-likeness (QED) is 0.742. The van der Waals surface area contributed by atoms with Crippen molar-refractivity contribution in [1.29, 1.82) is 0 Å². The summed E-state index contributed by atoms with van der Waals surface area (Å²) in [4.78, 5) is 12.1. The number of hydrogen-bond donors (Lipinski definition) is 2. The Balaban J connectivity index is 1.99. The molecule has 0 aliphatic carbocycles. The van der Waals surface area contributed by atoms with Gasteiger partial charge in [-0.3, -0.25) is 9.89 Å². The van der Waals surface area contributed by atoms with Crippen molar-refractivity contribution in [2.75, 3.05) is 0 Å². The Morgan fingerprint density at radius 2 is 1.96 bits per heavy atom. The fourth-order valence-corrected chi connectivity index (χ4v) is 3.80. The summed E-state index contributed by atoms with van der Waals surface area (Å²) in [7, 11) is -4.16. The van der Waals surface area contributed by atoms with E-state index in [-0.39, 0.29) is 20.5 Å². The van der Waals surface area contributed by atoms with Crippen LogP contribution in [0, 0.1) is 0 Å². The summed E-state index contributed by atoms with van der Waals surface area (Å²) >= 11 is 11.7. The van der Waals surface area contributed by atoms with Crippen LogP contribution in [-0.4, -0.2) is 24.5 Å². The van der Waals surface area contributed by atoms with Crippen LogP contribution in [0.1, 0.15) is 10.4 Å². The minimum atomic E-state index is -4.16. The van der Waals surface area contributed by atoms with E-state index in [4.69, 9.17) is 23.2 Å². The molecule has 23 heavy (non-hydrogen) atoms. The highest BCUT2D eigenvalue weighted by Gasteiger charge is 2.23. The van der Waals surface area contributed by atoms with E-state index in [1.54, 1.807) is 12.1 Å². The zero-order valence-electron chi connectivity index (χ0n) is 11.4. The third-order valence-electron chi connectivity index (χ3n) is 3.13. The predicted octanol–water partition coefficient (Wildman–Crippen LogP) is 2.99. The van der Waals surface area contributed by atoms with Crippen molar-refractivity contribution in [2.45, 2.75) is 4.90 Å². The first kappa shape index (κ1) is 15.8. The van der Waals surface area contributed by atoms with Crippen molar-refractivity contribution in [2.24, 2.45) is 0 Å². The van der Waals surface area contributed by atoms with Crippen molar-refractivity contribution < 1.29 is 13.2 Å². The maximum absolute atomic E-state index is 12.4. The summed E-state index contributed by atoms with van der Waals surface area (Å²) in [6.07, 6.45) is 1.54. The van der Waals surface area contributed by atoms with E-state index in [1.807, 2.05) is 4.72 Å². The summed E-state index contributed by atoms with van der Waals surface area (Å²) in [5.41, 5.74) is 0.596. The molecule has 9 heteroatoms. The van der Waals surface area contributed by atoms with Crippen LogP contribution in [-0.2, 0) is 10.0 Å². The predicted molar refractivity (Wildman–Crippen MR) is 87.2 cm³/mol. The molecule has 6 nitrogen and oxygen atoms in total. The summed E-state index contributed by atoms with van der Waals surface area (Å²) in [6, 6.07) is 8.85. The molecule has 0 atom stereocenters. The molecule has 0 spiro atoms. The van der Waals surface area contributed by atoms with Crippen LogP contribution in [0.4, 0.5) is 0 Å². The normalized spacial score (nSPS) is 11.6. The van der Waals surface area contributed by atoms with Crippen molar-refractivity contribution in [3.05, 3.63) is 58.2 Å². The average Bonchev–Trinajstić information content (AvgIpc) is 2.97. The van der Waals surface area contributed by atoms with Gasteiger partial charge in [-0.05, 0) is 24.3 Å². The van der Waals surface area contributed by atoms with E-state index in [0.717, 1.165) is 0 Å². The number of amides is 1. The van der Waals surface area contributed by atoms with E-state index < -0.39 is 15.9 Å². The Morgan fingerprint density at radius 1 is 1.17 bits per heavy atom. The Bertz CT molecular complexity index is 1020. The third kappa shape index (κ3) is 3.03. The highest BCUT2D eigenvalue weighted by Crippen LogP contribution is 2.25. The van der Waals surface area contributed by atoms with Crippen LogP contribution in [0.25, 0.3) is 10.9 Å². The molecule has 0 unspecified atom stereocenters. The first-order valence-electron chi connectivity index (χ1n) is 6.33. The van der Waals surface area contributed by atoms with Crippen molar-refractivity contribution >= 4 is 50.0 Å². The van der Waals surface area contributed by atoms with Gasteiger partial charge in [0.05, 0.1) is 22.3 Å². The average molecular weight is 370 g/mol. The molecule has 1 heterocycles. The van der Waals surface area contributed by atoms with Gasteiger partial charge in [0.25, 0.3) is 15.9 Å². The number of para-hydroxylation sites is 1. The third-order valence-corrected chi connectivity index (χ3v) is 5.18. The molecule has 0 bridgehead atoms. The van der Waals surface area contributed by atoms with E-state index in [2.05, 4.69) is 10.2 Å². The van der Waals surface area contributed by atoms with Crippen LogP contribution in [0.5, 0.6) is 0 Å². The van der Waals surface area contributed by atoms with Gasteiger partial charge in [0.15, 0.2) is 0 Å². The van der Waals surface area contributed by atoms with Gasteiger partial charge in [-0.15, -0.1) is 0 Å². The number of aromatic amines is 1. The summed E-state index contributed by atoms with van der Waals surface area (Å²) < 4.78 is 26.7. The van der Waals surface area contributed by atoms with Crippen LogP contribution in [0.3, 0.4) is 0 Å². The number of carbonyl (C=O) groups excluding carboxylic acids is 1. The number of nitrogens with zero attached hydrogens (tertiary/aromatic N) is 1. The van der Waals surface area contributed by atoms with Crippen LogP contribution >= 0.6 is 23.2 Å². The van der Waals surface area contributed by atoms with Gasteiger partial charge in [0.1, 0.15) is 4.90 Å². The lowest BCUT2D eigenvalue weighted by Gasteiger charge is -2.09. The molecule has 2 aromatic carbocycles. The number of fused-ring (bicyclic) bond motifs is 1. The molecule has 2 N–H and O–H groups in total. The molecule has 3 rings (SSSR count). The second kappa shape index (κ2) is 5.84. The molecule has 0 aliphatic rings. The number of rotatable bonds is 3. The second-order valence-corrected chi connectivity index (χ2v) is 7.14. The molecule has 0 saturated carbocycles. The van der Waals surface area contributed by atoms with Crippen molar-refractivity contribution in [3.8, 4) is 0 Å². The molecular weight excluding hydrogens is 361 g/mol. The van der Waals surface area contributed by atoms with Gasteiger partial charge in [0.2, 0.25) is 0 Å². The number of halogens is 2. The lowest BCUT2D eigenvalue weighted by molar-refractivity contribution is 0.0983. The number of H-pyrrole nitrogens is 1. The molecule has 3 aromatic rings. The number of hydrogen-bond acceptors (Lipinski definition) is 4. The Kier molecular flexibility index (Phi) is 4.01. The van der Waals surface area contributed by atoms with Gasteiger partial charge in [-0.1, -0.05) is 35.3 Å². The summed E-state index contributed by atoms with van der Waals surface area (Å²) in [5.74, 6) is -0.795. The minimum Gasteiger partial charge on any atom is -0.277 e. The molecule has 0 saturated heterocycles. The Morgan fingerprint density at radius 3 is 2.74 bits per heavy atom. The van der Waals surface area contributed by atoms with E-state index in [0.29, 0.717) is 10.9 Å². The zero-order valence-corrected chi connectivity index (χ0v) is 13.7. The van der Waals surface area contributed by atoms with Gasteiger partial charge in [-0.2, -0.15) is 5.10 Å². The minimum absolute atomic E-state index is 0.0329. The monoisotopic (exact) mass is 369 g/mol. The number of sulfonamides is 1. The fourth-order valence-electron chi connectivity index (χ4n) is 2.07. The first-order valence-corrected chi connectivity index (χ1v) is 8.57. The summed E-state index contributed by atoms with van der Waals surface area (Å²) in [6.45, 7) is 0. The molecule has 1 aromatic heterocycles. The number of benzene rings is 2. The van der Waals surface area contributed by atoms with E-state index >= 15 is 0 Å². The lowest BCUT2D eigenvalue weighted by Crippen LogP contribution is -2.31. The smallest absolute Gasteiger partial charge is 0.267 e. The highest BCUT2D eigenvalue weighted by molar-refractivity contribution is 7.90. The number of carbonyl (C=O) groups is 1. The topological polar surface area (TPSA) is 91.9 Å². The molecule has 0 fully saturated rings. The first-order chi connectivity index (χ1) is 10.9. The Labute approximate surface area is 141 Å². The molecule has 0 aliphatic heterocycles. The maximum atomic E-state index is 12.4. The number of aromatic nitrogens is 2. The number of nitrogens with one attached hydrogen (secondary N) is 2.